The summed E-state index contributed by atoms with van der Waals surface area (Å²) < 4.78 is 1.94. The minimum Gasteiger partial charge on any atom is -0.348 e. The first kappa shape index (κ1) is 15.3. The second-order valence-electron chi connectivity index (χ2n) is 6.35. The Hall–Kier alpha value is -1.62. The van der Waals surface area contributed by atoms with Gasteiger partial charge in [-0.25, -0.2) is 4.98 Å². The third-order valence-corrected chi connectivity index (χ3v) is 6.01. The van der Waals surface area contributed by atoms with E-state index in [1.54, 1.807) is 0 Å². The van der Waals surface area contributed by atoms with E-state index in [2.05, 4.69) is 24.1 Å². The molecule has 0 unspecified atom stereocenters. The lowest BCUT2D eigenvalue weighted by Gasteiger charge is -2.34. The standard InChI is InChI=1S/C17H23N3OS/c1-11-7-6-8-14(12(11)2)19-16(21)15-13(3)18-17(22-15)20-9-4-5-10-20/h4-5,9-12,14H,6-8H2,1-3H3,(H,19,21)/t11-,12+,14-/m1/s1. The quantitative estimate of drug-likeness (QED) is 0.936. The number of amides is 1. The molecular weight excluding hydrogens is 294 g/mol. The van der Waals surface area contributed by atoms with Crippen molar-refractivity contribution < 1.29 is 4.79 Å². The largest absolute Gasteiger partial charge is 0.348 e. The summed E-state index contributed by atoms with van der Waals surface area (Å²) in [5, 5.41) is 4.08. The highest BCUT2D eigenvalue weighted by Gasteiger charge is 2.29. The number of nitrogens with zero attached hydrogens (tertiary/aromatic N) is 2. The Balaban J connectivity index is 1.75. The summed E-state index contributed by atoms with van der Waals surface area (Å²) in [4.78, 5) is 17.9. The maximum atomic E-state index is 12.6. The molecule has 2 aromatic rings. The van der Waals surface area contributed by atoms with Gasteiger partial charge in [-0.15, -0.1) is 0 Å². The van der Waals surface area contributed by atoms with Gasteiger partial charge in [0.2, 0.25) is 0 Å². The molecule has 1 fully saturated rings. The van der Waals surface area contributed by atoms with Crippen LogP contribution in [0.3, 0.4) is 0 Å². The summed E-state index contributed by atoms with van der Waals surface area (Å²) in [5.41, 5.74) is 0.808. The van der Waals surface area contributed by atoms with E-state index in [0.717, 1.165) is 22.1 Å². The number of aryl methyl sites for hydroxylation is 1. The number of carbonyl (C=O) groups is 1. The Morgan fingerprint density at radius 2 is 2.05 bits per heavy atom. The lowest BCUT2D eigenvalue weighted by atomic mass is 9.78. The van der Waals surface area contributed by atoms with Crippen molar-refractivity contribution in [2.24, 2.45) is 11.8 Å². The molecular formula is C17H23N3OS. The summed E-state index contributed by atoms with van der Waals surface area (Å²) >= 11 is 1.46. The van der Waals surface area contributed by atoms with E-state index in [1.807, 2.05) is 36.0 Å². The zero-order chi connectivity index (χ0) is 15.7. The third kappa shape index (κ3) is 2.95. The van der Waals surface area contributed by atoms with E-state index in [0.29, 0.717) is 11.8 Å². The van der Waals surface area contributed by atoms with E-state index in [-0.39, 0.29) is 11.9 Å². The first-order valence-corrected chi connectivity index (χ1v) is 8.79. The second kappa shape index (κ2) is 6.24. The number of carbonyl (C=O) groups excluding carboxylic acids is 1. The summed E-state index contributed by atoms with van der Waals surface area (Å²) in [6, 6.07) is 4.20. The molecule has 3 rings (SSSR count). The Labute approximate surface area is 135 Å². The fraction of sp³-hybridized carbons (Fsp3) is 0.529. The van der Waals surface area contributed by atoms with Crippen molar-refractivity contribution in [2.75, 3.05) is 0 Å². The molecule has 1 amide bonds. The molecule has 3 atom stereocenters. The predicted molar refractivity (Wildman–Crippen MR) is 89.6 cm³/mol. The van der Waals surface area contributed by atoms with Crippen molar-refractivity contribution in [2.45, 2.75) is 46.1 Å². The maximum Gasteiger partial charge on any atom is 0.263 e. The zero-order valence-corrected chi connectivity index (χ0v) is 14.2. The first-order valence-electron chi connectivity index (χ1n) is 7.98. The van der Waals surface area contributed by atoms with E-state index < -0.39 is 0 Å². The van der Waals surface area contributed by atoms with Gasteiger partial charge in [-0.3, -0.25) is 4.79 Å². The topological polar surface area (TPSA) is 46.9 Å². The lowest BCUT2D eigenvalue weighted by molar-refractivity contribution is 0.0894. The summed E-state index contributed by atoms with van der Waals surface area (Å²) in [6.45, 7) is 6.44. The van der Waals surface area contributed by atoms with E-state index in [9.17, 15) is 4.79 Å². The van der Waals surface area contributed by atoms with Crippen LogP contribution in [0.1, 0.15) is 48.5 Å². The third-order valence-electron chi connectivity index (χ3n) is 4.84. The number of thiazole rings is 1. The van der Waals surface area contributed by atoms with Gasteiger partial charge in [-0.1, -0.05) is 38.0 Å². The number of hydrogen-bond acceptors (Lipinski definition) is 3. The molecule has 0 aliphatic heterocycles. The SMILES string of the molecule is Cc1nc(-n2cccc2)sc1C(=O)N[C@@H]1CCC[C@@H](C)[C@@H]1C. The van der Waals surface area contributed by atoms with Crippen molar-refractivity contribution in [3.63, 3.8) is 0 Å². The fourth-order valence-corrected chi connectivity index (χ4v) is 4.12. The molecule has 5 heteroatoms. The summed E-state index contributed by atoms with van der Waals surface area (Å²) in [6.07, 6.45) is 7.45. The fourth-order valence-electron chi connectivity index (χ4n) is 3.18. The molecule has 0 aromatic carbocycles. The molecule has 22 heavy (non-hydrogen) atoms. The highest BCUT2D eigenvalue weighted by atomic mass is 32.1. The molecule has 2 heterocycles. The summed E-state index contributed by atoms with van der Waals surface area (Å²) in [5.74, 6) is 1.24. The Morgan fingerprint density at radius 1 is 1.32 bits per heavy atom. The van der Waals surface area contributed by atoms with Crippen LogP contribution in [-0.2, 0) is 0 Å². The van der Waals surface area contributed by atoms with Gasteiger partial charge < -0.3 is 9.88 Å². The molecule has 1 aliphatic rings. The molecule has 2 aromatic heterocycles. The van der Waals surface area contributed by atoms with Crippen LogP contribution >= 0.6 is 11.3 Å². The van der Waals surface area contributed by atoms with Crippen molar-refractivity contribution >= 4 is 17.2 Å². The minimum atomic E-state index is 0.0272. The van der Waals surface area contributed by atoms with Crippen molar-refractivity contribution in [1.82, 2.24) is 14.9 Å². The van der Waals surface area contributed by atoms with Gasteiger partial charge in [0.05, 0.1) is 5.69 Å². The molecule has 0 spiro atoms. The molecule has 1 aliphatic carbocycles. The smallest absolute Gasteiger partial charge is 0.263 e. The van der Waals surface area contributed by atoms with Gasteiger partial charge in [0.15, 0.2) is 5.13 Å². The Kier molecular flexibility index (Phi) is 4.34. The van der Waals surface area contributed by atoms with Gasteiger partial charge in [0.1, 0.15) is 4.88 Å². The summed E-state index contributed by atoms with van der Waals surface area (Å²) in [7, 11) is 0. The van der Waals surface area contributed by atoms with Crippen LogP contribution in [0.25, 0.3) is 5.13 Å². The molecule has 1 N–H and O–H groups in total. The highest BCUT2D eigenvalue weighted by molar-refractivity contribution is 7.16. The minimum absolute atomic E-state index is 0.0272. The van der Waals surface area contributed by atoms with Gasteiger partial charge in [0, 0.05) is 18.4 Å². The van der Waals surface area contributed by atoms with Crippen LogP contribution in [0.5, 0.6) is 0 Å². The maximum absolute atomic E-state index is 12.6. The van der Waals surface area contributed by atoms with Gasteiger partial charge >= 0.3 is 0 Å². The van der Waals surface area contributed by atoms with Gasteiger partial charge in [0.25, 0.3) is 5.91 Å². The molecule has 0 saturated heterocycles. The van der Waals surface area contributed by atoms with E-state index in [4.69, 9.17) is 0 Å². The predicted octanol–water partition coefficient (Wildman–Crippen LogP) is 3.80. The van der Waals surface area contributed by atoms with Crippen LogP contribution in [0.4, 0.5) is 0 Å². The van der Waals surface area contributed by atoms with Crippen LogP contribution in [0.15, 0.2) is 24.5 Å². The van der Waals surface area contributed by atoms with Crippen LogP contribution in [0.2, 0.25) is 0 Å². The highest BCUT2D eigenvalue weighted by Crippen LogP contribution is 2.30. The Morgan fingerprint density at radius 3 is 2.77 bits per heavy atom. The number of hydrogen-bond donors (Lipinski definition) is 1. The number of nitrogens with one attached hydrogen (secondary N) is 1. The monoisotopic (exact) mass is 317 g/mol. The van der Waals surface area contributed by atoms with Crippen molar-refractivity contribution in [3.8, 4) is 5.13 Å². The normalized spacial score (nSPS) is 25.1. The van der Waals surface area contributed by atoms with Crippen LogP contribution in [-0.4, -0.2) is 21.5 Å². The van der Waals surface area contributed by atoms with Crippen molar-refractivity contribution in [3.05, 3.63) is 35.1 Å². The average Bonchev–Trinajstić information content (AvgIpc) is 3.13. The van der Waals surface area contributed by atoms with Gasteiger partial charge in [-0.2, -0.15) is 0 Å². The molecule has 0 radical (unpaired) electrons. The average molecular weight is 317 g/mol. The van der Waals surface area contributed by atoms with Crippen molar-refractivity contribution in [1.29, 1.82) is 0 Å². The number of rotatable bonds is 3. The van der Waals surface area contributed by atoms with Crippen LogP contribution < -0.4 is 5.32 Å². The zero-order valence-electron chi connectivity index (χ0n) is 13.4. The van der Waals surface area contributed by atoms with E-state index >= 15 is 0 Å². The van der Waals surface area contributed by atoms with Crippen LogP contribution in [0, 0.1) is 18.8 Å². The number of aromatic nitrogens is 2. The Bertz CT molecular complexity index is 647. The second-order valence-corrected chi connectivity index (χ2v) is 7.33. The van der Waals surface area contributed by atoms with Gasteiger partial charge in [-0.05, 0) is 37.3 Å². The lowest BCUT2D eigenvalue weighted by Crippen LogP contribution is -2.43. The molecule has 4 nitrogen and oxygen atoms in total. The first-order chi connectivity index (χ1) is 10.6. The molecule has 0 bridgehead atoms. The molecule has 1 saturated carbocycles. The molecule has 118 valence electrons. The van der Waals surface area contributed by atoms with E-state index in [1.165, 1.54) is 24.2 Å².